The number of aromatic nitrogens is 2. The highest BCUT2D eigenvalue weighted by atomic mass is 79.9. The number of amides is 1. The summed E-state index contributed by atoms with van der Waals surface area (Å²) in [6, 6.07) is 6.95. The van der Waals surface area contributed by atoms with Gasteiger partial charge in [-0.15, -0.1) is 0 Å². The molecule has 0 aliphatic carbocycles. The average molecular weight is 357 g/mol. The lowest BCUT2D eigenvalue weighted by Crippen LogP contribution is -2.13. The Kier molecular flexibility index (Phi) is 4.20. The molecular formula is C14H15BrClN3O. The SMILES string of the molecule is CC(C)(C)c1cc(NC(=O)c2cc(Br)ccc2Cl)n[nH]1. The molecule has 106 valence electrons. The van der Waals surface area contributed by atoms with E-state index < -0.39 is 0 Å². The quantitative estimate of drug-likeness (QED) is 0.839. The Hall–Kier alpha value is -1.33. The van der Waals surface area contributed by atoms with E-state index in [0.717, 1.165) is 10.2 Å². The van der Waals surface area contributed by atoms with Crippen LogP contribution in [0.1, 0.15) is 36.8 Å². The molecule has 0 aliphatic heterocycles. The molecule has 0 spiro atoms. The number of halogens is 2. The van der Waals surface area contributed by atoms with Crippen molar-refractivity contribution in [2.75, 3.05) is 5.32 Å². The topological polar surface area (TPSA) is 57.8 Å². The first kappa shape index (κ1) is 15.1. The molecule has 20 heavy (non-hydrogen) atoms. The van der Waals surface area contributed by atoms with E-state index in [1.165, 1.54) is 0 Å². The predicted molar refractivity (Wildman–Crippen MR) is 84.4 cm³/mol. The lowest BCUT2D eigenvalue weighted by Gasteiger charge is -2.14. The van der Waals surface area contributed by atoms with Crippen molar-refractivity contribution in [2.24, 2.45) is 0 Å². The van der Waals surface area contributed by atoms with E-state index in [9.17, 15) is 4.79 Å². The van der Waals surface area contributed by atoms with Crippen LogP contribution in [0.5, 0.6) is 0 Å². The third-order valence-electron chi connectivity index (χ3n) is 2.80. The van der Waals surface area contributed by atoms with Crippen LogP contribution in [0.25, 0.3) is 0 Å². The van der Waals surface area contributed by atoms with Gasteiger partial charge in [0.05, 0.1) is 10.6 Å². The first-order valence-corrected chi connectivity index (χ1v) is 7.27. The second-order valence-corrected chi connectivity index (χ2v) is 6.82. The van der Waals surface area contributed by atoms with Crippen molar-refractivity contribution in [3.05, 3.63) is 45.0 Å². The largest absolute Gasteiger partial charge is 0.305 e. The first-order valence-electron chi connectivity index (χ1n) is 6.09. The van der Waals surface area contributed by atoms with Crippen LogP contribution < -0.4 is 5.32 Å². The highest BCUT2D eigenvalue weighted by Crippen LogP contribution is 2.24. The van der Waals surface area contributed by atoms with Gasteiger partial charge in [-0.3, -0.25) is 9.89 Å². The van der Waals surface area contributed by atoms with Crippen molar-refractivity contribution in [1.82, 2.24) is 10.2 Å². The van der Waals surface area contributed by atoms with Crippen LogP contribution in [0.15, 0.2) is 28.7 Å². The lowest BCUT2D eigenvalue weighted by molar-refractivity contribution is 0.102. The number of carbonyl (C=O) groups excluding carboxylic acids is 1. The Bertz CT molecular complexity index is 646. The zero-order valence-electron chi connectivity index (χ0n) is 11.4. The van der Waals surface area contributed by atoms with Gasteiger partial charge in [-0.2, -0.15) is 5.10 Å². The zero-order valence-corrected chi connectivity index (χ0v) is 13.8. The summed E-state index contributed by atoms with van der Waals surface area (Å²) in [4.78, 5) is 12.2. The van der Waals surface area contributed by atoms with Crippen LogP contribution in [-0.2, 0) is 5.41 Å². The molecule has 2 N–H and O–H groups in total. The molecular weight excluding hydrogens is 342 g/mol. The predicted octanol–water partition coefficient (Wildman–Crippen LogP) is 4.38. The number of nitrogens with zero attached hydrogens (tertiary/aromatic N) is 1. The Balaban J connectivity index is 2.20. The van der Waals surface area contributed by atoms with E-state index in [2.05, 4.69) is 52.2 Å². The number of nitrogens with one attached hydrogen (secondary N) is 2. The molecule has 0 bridgehead atoms. The van der Waals surface area contributed by atoms with E-state index >= 15 is 0 Å². The van der Waals surface area contributed by atoms with Crippen molar-refractivity contribution >= 4 is 39.3 Å². The maximum Gasteiger partial charge on any atom is 0.258 e. The minimum Gasteiger partial charge on any atom is -0.305 e. The summed E-state index contributed by atoms with van der Waals surface area (Å²) in [5, 5.41) is 10.1. The number of anilines is 1. The molecule has 0 saturated carbocycles. The van der Waals surface area contributed by atoms with Crippen molar-refractivity contribution in [1.29, 1.82) is 0 Å². The van der Waals surface area contributed by atoms with Crippen molar-refractivity contribution in [2.45, 2.75) is 26.2 Å². The molecule has 0 fully saturated rings. The van der Waals surface area contributed by atoms with E-state index in [1.807, 2.05) is 6.07 Å². The minimum atomic E-state index is -0.289. The number of carbonyl (C=O) groups is 1. The van der Waals surface area contributed by atoms with E-state index in [4.69, 9.17) is 11.6 Å². The van der Waals surface area contributed by atoms with Crippen LogP contribution in [0.2, 0.25) is 5.02 Å². The number of H-pyrrole nitrogens is 1. The number of aromatic amines is 1. The Labute approximate surface area is 131 Å². The molecule has 0 saturated heterocycles. The number of rotatable bonds is 2. The molecule has 6 heteroatoms. The molecule has 1 aromatic carbocycles. The second kappa shape index (κ2) is 5.58. The first-order chi connectivity index (χ1) is 9.27. The molecule has 1 heterocycles. The van der Waals surface area contributed by atoms with Gasteiger partial charge in [0.15, 0.2) is 5.82 Å². The number of hydrogen-bond acceptors (Lipinski definition) is 2. The summed E-state index contributed by atoms with van der Waals surface area (Å²) < 4.78 is 0.796. The maximum absolute atomic E-state index is 12.2. The van der Waals surface area contributed by atoms with Gasteiger partial charge in [0, 0.05) is 21.6 Å². The van der Waals surface area contributed by atoms with Gasteiger partial charge in [0.2, 0.25) is 0 Å². The van der Waals surface area contributed by atoms with Crippen molar-refractivity contribution in [3.8, 4) is 0 Å². The average Bonchev–Trinajstić information content (AvgIpc) is 2.80. The summed E-state index contributed by atoms with van der Waals surface area (Å²) in [6.45, 7) is 6.20. The third-order valence-corrected chi connectivity index (χ3v) is 3.62. The standard InChI is InChI=1S/C14H15BrClN3O/c1-14(2,3)11-7-12(19-18-11)17-13(20)9-6-8(15)4-5-10(9)16/h4-7H,1-3H3,(H2,17,18,19,20). The minimum absolute atomic E-state index is 0.0522. The number of hydrogen-bond donors (Lipinski definition) is 2. The highest BCUT2D eigenvalue weighted by Gasteiger charge is 2.18. The van der Waals surface area contributed by atoms with Crippen molar-refractivity contribution < 1.29 is 4.79 Å². The highest BCUT2D eigenvalue weighted by molar-refractivity contribution is 9.10. The Morgan fingerprint density at radius 1 is 1.35 bits per heavy atom. The fourth-order valence-electron chi connectivity index (χ4n) is 1.63. The summed E-state index contributed by atoms with van der Waals surface area (Å²) in [5.74, 6) is 0.194. The number of benzene rings is 1. The smallest absolute Gasteiger partial charge is 0.258 e. The van der Waals surface area contributed by atoms with E-state index in [1.54, 1.807) is 18.2 Å². The van der Waals surface area contributed by atoms with Gasteiger partial charge in [-0.25, -0.2) is 0 Å². The third kappa shape index (κ3) is 3.41. The van der Waals surface area contributed by atoms with Gasteiger partial charge < -0.3 is 5.32 Å². The van der Waals surface area contributed by atoms with E-state index in [-0.39, 0.29) is 11.3 Å². The molecule has 1 amide bonds. The fraction of sp³-hybridized carbons (Fsp3) is 0.286. The van der Waals surface area contributed by atoms with Gasteiger partial charge in [0.25, 0.3) is 5.91 Å². The normalized spacial score (nSPS) is 11.4. The molecule has 4 nitrogen and oxygen atoms in total. The summed E-state index contributed by atoms with van der Waals surface area (Å²) in [7, 11) is 0. The zero-order chi connectivity index (χ0) is 14.9. The van der Waals surface area contributed by atoms with Crippen LogP contribution in [0.4, 0.5) is 5.82 Å². The van der Waals surface area contributed by atoms with Gasteiger partial charge >= 0.3 is 0 Å². The van der Waals surface area contributed by atoms with Crippen LogP contribution in [0, 0.1) is 0 Å². The Morgan fingerprint density at radius 2 is 2.05 bits per heavy atom. The summed E-state index contributed by atoms with van der Waals surface area (Å²) >= 11 is 9.35. The molecule has 0 unspecified atom stereocenters. The van der Waals surface area contributed by atoms with Crippen LogP contribution in [-0.4, -0.2) is 16.1 Å². The van der Waals surface area contributed by atoms with Crippen LogP contribution >= 0.6 is 27.5 Å². The van der Waals surface area contributed by atoms with Gasteiger partial charge in [-0.05, 0) is 18.2 Å². The summed E-state index contributed by atoms with van der Waals surface area (Å²) in [5.41, 5.74) is 1.30. The fourth-order valence-corrected chi connectivity index (χ4v) is 2.19. The molecule has 1 aromatic heterocycles. The van der Waals surface area contributed by atoms with Gasteiger partial charge in [-0.1, -0.05) is 48.3 Å². The second-order valence-electron chi connectivity index (χ2n) is 5.50. The molecule has 0 atom stereocenters. The van der Waals surface area contributed by atoms with E-state index in [0.29, 0.717) is 16.4 Å². The maximum atomic E-state index is 12.2. The monoisotopic (exact) mass is 355 g/mol. The van der Waals surface area contributed by atoms with Crippen molar-refractivity contribution in [3.63, 3.8) is 0 Å². The Morgan fingerprint density at radius 3 is 2.65 bits per heavy atom. The molecule has 2 aromatic rings. The molecule has 0 radical (unpaired) electrons. The molecule has 2 rings (SSSR count). The van der Waals surface area contributed by atoms with Crippen LogP contribution in [0.3, 0.4) is 0 Å². The molecule has 0 aliphatic rings. The van der Waals surface area contributed by atoms with Gasteiger partial charge in [0.1, 0.15) is 0 Å². The lowest BCUT2D eigenvalue weighted by atomic mass is 9.92. The summed E-state index contributed by atoms with van der Waals surface area (Å²) in [6.07, 6.45) is 0.